The van der Waals surface area contributed by atoms with Gasteiger partial charge in [-0.05, 0) is 37.5 Å². The summed E-state index contributed by atoms with van der Waals surface area (Å²) in [7, 11) is 0. The number of hydrogen-bond donors (Lipinski definition) is 0. The van der Waals surface area contributed by atoms with Gasteiger partial charge in [-0.3, -0.25) is 4.79 Å². The van der Waals surface area contributed by atoms with E-state index in [1.54, 1.807) is 0 Å². The molecule has 4 aliphatic carbocycles. The van der Waals surface area contributed by atoms with Crippen LogP contribution in [0.4, 0.5) is 0 Å². The molecule has 5 fully saturated rings. The van der Waals surface area contributed by atoms with E-state index in [2.05, 4.69) is 13.8 Å². The zero-order valence-electron chi connectivity index (χ0n) is 13.5. The molecule has 22 heavy (non-hydrogen) atoms. The summed E-state index contributed by atoms with van der Waals surface area (Å²) in [6, 6.07) is 0. The predicted octanol–water partition coefficient (Wildman–Crippen LogP) is 3.52. The number of rotatable bonds is 0. The first-order valence-electron chi connectivity index (χ1n) is 8.77. The molecule has 0 N–H and O–H groups in total. The smallest absolute Gasteiger partial charge is 0.239 e. The van der Waals surface area contributed by atoms with Crippen LogP contribution in [0.5, 0.6) is 0 Å². The molecule has 2 bridgehead atoms. The second-order valence-electron chi connectivity index (χ2n) is 7.98. The van der Waals surface area contributed by atoms with Crippen molar-refractivity contribution in [2.75, 3.05) is 0 Å². The van der Waals surface area contributed by atoms with E-state index >= 15 is 0 Å². The zero-order chi connectivity index (χ0) is 15.4. The number of hydrogen-bond acceptors (Lipinski definition) is 5. The monoisotopic (exact) mass is 310 g/mol. The molecule has 5 nitrogen and oxygen atoms in total. The van der Waals surface area contributed by atoms with Gasteiger partial charge in [-0.15, -0.1) is 0 Å². The van der Waals surface area contributed by atoms with Gasteiger partial charge in [0, 0.05) is 37.5 Å². The summed E-state index contributed by atoms with van der Waals surface area (Å²) in [4.78, 5) is 34.7. The summed E-state index contributed by atoms with van der Waals surface area (Å²) in [6.45, 7) is 4.34. The fraction of sp³-hybridized carbons (Fsp3) is 0.941. The highest BCUT2D eigenvalue weighted by Gasteiger charge is 2.57. The molecule has 0 aromatic rings. The summed E-state index contributed by atoms with van der Waals surface area (Å²) in [5.41, 5.74) is 0. The molecular formula is C17H26O5. The molecule has 2 unspecified atom stereocenters. The normalized spacial score (nSPS) is 43.5. The summed E-state index contributed by atoms with van der Waals surface area (Å²) in [5, 5.41) is 0. The first-order chi connectivity index (χ1) is 10.5. The lowest BCUT2D eigenvalue weighted by molar-refractivity contribution is -0.673. The van der Waals surface area contributed by atoms with E-state index in [9.17, 15) is 4.79 Å². The SMILES string of the molecule is CC1CC2CC(C2)CC(C)C12OOC1(CCC(=O)CC1)OO2. The van der Waals surface area contributed by atoms with E-state index < -0.39 is 11.6 Å². The Morgan fingerprint density at radius 2 is 1.32 bits per heavy atom. The lowest BCUT2D eigenvalue weighted by Gasteiger charge is -2.53. The van der Waals surface area contributed by atoms with Crippen molar-refractivity contribution >= 4 is 5.78 Å². The average molecular weight is 310 g/mol. The molecule has 0 aromatic heterocycles. The third-order valence-corrected chi connectivity index (χ3v) is 6.30. The number of Topliss-reactive ketones (excluding diaryl/α,β-unsaturated/α-hetero) is 1. The van der Waals surface area contributed by atoms with E-state index in [4.69, 9.17) is 19.6 Å². The number of carbonyl (C=O) groups is 1. The van der Waals surface area contributed by atoms with Crippen LogP contribution in [-0.4, -0.2) is 17.4 Å². The van der Waals surface area contributed by atoms with E-state index in [0.717, 1.165) is 24.7 Å². The third kappa shape index (κ3) is 2.33. The van der Waals surface area contributed by atoms with Crippen molar-refractivity contribution in [3.05, 3.63) is 0 Å². The summed E-state index contributed by atoms with van der Waals surface area (Å²) in [6.07, 6.45) is 6.84. The van der Waals surface area contributed by atoms with Crippen LogP contribution in [0, 0.1) is 23.7 Å². The van der Waals surface area contributed by atoms with E-state index in [0.29, 0.717) is 25.7 Å². The van der Waals surface area contributed by atoms with Gasteiger partial charge < -0.3 is 0 Å². The maximum Gasteiger partial charge on any atom is 0.239 e. The molecule has 5 rings (SSSR count). The molecule has 1 aliphatic heterocycles. The van der Waals surface area contributed by atoms with Crippen molar-refractivity contribution in [2.24, 2.45) is 23.7 Å². The third-order valence-electron chi connectivity index (χ3n) is 6.30. The Labute approximate surface area is 131 Å². The fourth-order valence-corrected chi connectivity index (χ4v) is 4.79. The minimum atomic E-state index is -0.885. The second-order valence-corrected chi connectivity index (χ2v) is 7.98. The standard InChI is InChI=1S/C17H26O5/c1-11-7-13-9-14(10-13)8-12(2)17(11)21-19-16(20-22-17)5-3-15(18)4-6-16/h11-14H,3-10H2,1-2H3. The topological polar surface area (TPSA) is 54.0 Å². The van der Waals surface area contributed by atoms with Gasteiger partial charge in [0.05, 0.1) is 0 Å². The molecular weight excluding hydrogens is 284 g/mol. The minimum Gasteiger partial charge on any atom is -0.300 e. The van der Waals surface area contributed by atoms with Gasteiger partial charge in [0.2, 0.25) is 11.6 Å². The van der Waals surface area contributed by atoms with Crippen LogP contribution < -0.4 is 0 Å². The molecule has 0 radical (unpaired) electrons. The van der Waals surface area contributed by atoms with Crippen LogP contribution in [0.15, 0.2) is 0 Å². The Morgan fingerprint density at radius 3 is 1.82 bits per heavy atom. The van der Waals surface area contributed by atoms with E-state index in [1.165, 1.54) is 12.8 Å². The Morgan fingerprint density at radius 1 is 0.818 bits per heavy atom. The Kier molecular flexibility index (Phi) is 3.60. The van der Waals surface area contributed by atoms with Gasteiger partial charge in [-0.2, -0.15) is 19.6 Å². The summed E-state index contributed by atoms with van der Waals surface area (Å²) in [5.74, 6) is 0.617. The molecule has 4 saturated carbocycles. The Bertz CT molecular complexity index is 418. The highest BCUT2D eigenvalue weighted by Crippen LogP contribution is 2.53. The minimum absolute atomic E-state index is 0.233. The van der Waals surface area contributed by atoms with Gasteiger partial charge in [0.15, 0.2) is 0 Å². The maximum atomic E-state index is 11.4. The molecule has 0 amide bonds. The van der Waals surface area contributed by atoms with Crippen molar-refractivity contribution in [1.29, 1.82) is 0 Å². The Balaban J connectivity index is 1.49. The second kappa shape index (κ2) is 5.26. The first kappa shape index (κ1) is 15.1. The van der Waals surface area contributed by atoms with Crippen LogP contribution in [0.1, 0.15) is 65.2 Å². The first-order valence-corrected chi connectivity index (χ1v) is 8.77. The van der Waals surface area contributed by atoms with Crippen LogP contribution in [-0.2, 0) is 24.3 Å². The number of carbonyl (C=O) groups excluding carboxylic acids is 1. The van der Waals surface area contributed by atoms with Gasteiger partial charge in [0.25, 0.3) is 0 Å². The highest BCUT2D eigenvalue weighted by molar-refractivity contribution is 5.79. The van der Waals surface area contributed by atoms with Crippen LogP contribution >= 0.6 is 0 Å². The van der Waals surface area contributed by atoms with Crippen LogP contribution in [0.3, 0.4) is 0 Å². The zero-order valence-corrected chi connectivity index (χ0v) is 13.5. The summed E-state index contributed by atoms with van der Waals surface area (Å²) >= 11 is 0. The van der Waals surface area contributed by atoms with Gasteiger partial charge >= 0.3 is 0 Å². The molecule has 1 saturated heterocycles. The van der Waals surface area contributed by atoms with Crippen LogP contribution in [0.25, 0.3) is 0 Å². The molecule has 0 aromatic carbocycles. The van der Waals surface area contributed by atoms with E-state index in [1.807, 2.05) is 0 Å². The number of ketones is 1. The summed E-state index contributed by atoms with van der Waals surface area (Å²) < 4.78 is 0. The number of fused-ring (bicyclic) bond motifs is 2. The van der Waals surface area contributed by atoms with Crippen molar-refractivity contribution in [3.63, 3.8) is 0 Å². The van der Waals surface area contributed by atoms with E-state index in [-0.39, 0.29) is 17.6 Å². The molecule has 124 valence electrons. The van der Waals surface area contributed by atoms with Crippen molar-refractivity contribution in [3.8, 4) is 0 Å². The molecule has 5 aliphatic rings. The highest BCUT2D eigenvalue weighted by atomic mass is 17.4. The molecule has 1 heterocycles. The van der Waals surface area contributed by atoms with Crippen molar-refractivity contribution < 1.29 is 24.3 Å². The van der Waals surface area contributed by atoms with Gasteiger partial charge in [-0.1, -0.05) is 13.8 Å². The van der Waals surface area contributed by atoms with Crippen molar-refractivity contribution in [1.82, 2.24) is 0 Å². The molecule has 5 heteroatoms. The van der Waals surface area contributed by atoms with Crippen LogP contribution in [0.2, 0.25) is 0 Å². The Hall–Kier alpha value is -0.490. The quantitative estimate of drug-likeness (QED) is 0.641. The average Bonchev–Trinajstić information content (AvgIpc) is 2.48. The maximum absolute atomic E-state index is 11.4. The van der Waals surface area contributed by atoms with Gasteiger partial charge in [0.1, 0.15) is 5.78 Å². The van der Waals surface area contributed by atoms with Crippen molar-refractivity contribution in [2.45, 2.75) is 76.8 Å². The van der Waals surface area contributed by atoms with Gasteiger partial charge in [-0.25, -0.2) is 0 Å². The lowest BCUT2D eigenvalue weighted by atomic mass is 9.62. The predicted molar refractivity (Wildman–Crippen MR) is 77.1 cm³/mol. The lowest BCUT2D eigenvalue weighted by Crippen LogP contribution is -2.59. The molecule has 2 spiro atoms. The molecule has 2 atom stereocenters. The largest absolute Gasteiger partial charge is 0.300 e. The fourth-order valence-electron chi connectivity index (χ4n) is 4.79.